The lowest BCUT2D eigenvalue weighted by Gasteiger charge is -2.02. The van der Waals surface area contributed by atoms with Crippen LogP contribution in [0, 0.1) is 0 Å². The molecule has 0 radical (unpaired) electrons. The Morgan fingerprint density at radius 3 is 2.88 bits per heavy atom. The van der Waals surface area contributed by atoms with E-state index in [1.807, 2.05) is 18.2 Å². The molecule has 2 rings (SSSR count). The highest BCUT2D eigenvalue weighted by molar-refractivity contribution is 9.08. The molecule has 0 saturated carbocycles. The number of ether oxygens (including phenoxy) is 1. The zero-order valence-electron chi connectivity index (χ0n) is 8.74. The Kier molecular flexibility index (Phi) is 3.19. The molecule has 0 N–H and O–H groups in total. The second-order valence-electron chi connectivity index (χ2n) is 3.34. The monoisotopic (exact) mass is 279 g/mol. The van der Waals surface area contributed by atoms with Gasteiger partial charge in [0.15, 0.2) is 0 Å². The van der Waals surface area contributed by atoms with Crippen molar-refractivity contribution in [3.63, 3.8) is 0 Å². The van der Waals surface area contributed by atoms with Crippen molar-refractivity contribution in [1.29, 1.82) is 0 Å². The van der Waals surface area contributed by atoms with Gasteiger partial charge in [0.2, 0.25) is 0 Å². The van der Waals surface area contributed by atoms with Crippen LogP contribution in [0.2, 0.25) is 0 Å². The van der Waals surface area contributed by atoms with Gasteiger partial charge < -0.3 is 4.74 Å². The molecule has 0 bridgehead atoms. The van der Waals surface area contributed by atoms with Gasteiger partial charge in [0.1, 0.15) is 0 Å². The van der Waals surface area contributed by atoms with Crippen LogP contribution >= 0.6 is 15.9 Å². The molecular weight excluding hydrogens is 270 g/mol. The van der Waals surface area contributed by atoms with Crippen LogP contribution in [0.25, 0.3) is 10.9 Å². The normalized spacial score (nSPS) is 10.4. The molecule has 0 atom stereocenters. The van der Waals surface area contributed by atoms with Gasteiger partial charge in [-0.05, 0) is 24.3 Å². The van der Waals surface area contributed by atoms with Gasteiger partial charge in [-0.2, -0.15) is 0 Å². The Hall–Kier alpha value is -1.42. The summed E-state index contributed by atoms with van der Waals surface area (Å²) in [5, 5.41) is 1.66. The lowest BCUT2D eigenvalue weighted by molar-refractivity contribution is 0.0601. The quantitative estimate of drug-likeness (QED) is 0.627. The maximum atomic E-state index is 11.3. The number of halogens is 1. The Morgan fingerprint density at radius 1 is 1.38 bits per heavy atom. The summed E-state index contributed by atoms with van der Waals surface area (Å²) in [7, 11) is 1.37. The number of hydrogen-bond donors (Lipinski definition) is 0. The van der Waals surface area contributed by atoms with Crippen LogP contribution in [0.3, 0.4) is 0 Å². The minimum absolute atomic E-state index is 0.327. The first-order valence-corrected chi connectivity index (χ1v) is 5.90. The van der Waals surface area contributed by atoms with Crippen molar-refractivity contribution in [3.05, 3.63) is 41.6 Å². The largest absolute Gasteiger partial charge is 0.465 e. The summed E-state index contributed by atoms with van der Waals surface area (Å²) < 4.78 is 4.66. The molecule has 0 aliphatic carbocycles. The van der Waals surface area contributed by atoms with E-state index in [0.29, 0.717) is 5.56 Å². The summed E-state index contributed by atoms with van der Waals surface area (Å²) in [6, 6.07) is 9.21. The molecule has 0 saturated heterocycles. The number of nitrogens with zero attached hydrogens (tertiary/aromatic N) is 1. The number of fused-ring (bicyclic) bond motifs is 1. The molecule has 0 amide bonds. The van der Waals surface area contributed by atoms with Crippen molar-refractivity contribution >= 4 is 32.8 Å². The van der Waals surface area contributed by atoms with E-state index in [9.17, 15) is 4.79 Å². The fraction of sp³-hybridized carbons (Fsp3) is 0.167. The number of hydrogen-bond acceptors (Lipinski definition) is 3. The Bertz CT molecular complexity index is 540. The second kappa shape index (κ2) is 4.61. The van der Waals surface area contributed by atoms with Crippen LogP contribution in [0.15, 0.2) is 30.3 Å². The number of alkyl halides is 1. The smallest absolute Gasteiger partial charge is 0.337 e. The van der Waals surface area contributed by atoms with Gasteiger partial charge in [0, 0.05) is 10.7 Å². The predicted molar refractivity (Wildman–Crippen MR) is 65.7 cm³/mol. The van der Waals surface area contributed by atoms with Crippen molar-refractivity contribution in [2.45, 2.75) is 5.33 Å². The summed E-state index contributed by atoms with van der Waals surface area (Å²) in [5.74, 6) is -0.327. The molecule has 16 heavy (non-hydrogen) atoms. The maximum absolute atomic E-state index is 11.3. The molecular formula is C12H10BrNO2. The van der Waals surface area contributed by atoms with E-state index in [4.69, 9.17) is 0 Å². The van der Waals surface area contributed by atoms with Crippen molar-refractivity contribution in [3.8, 4) is 0 Å². The van der Waals surface area contributed by atoms with Crippen LogP contribution in [-0.2, 0) is 10.1 Å². The van der Waals surface area contributed by atoms with Gasteiger partial charge in [-0.15, -0.1) is 0 Å². The number of rotatable bonds is 2. The maximum Gasteiger partial charge on any atom is 0.337 e. The van der Waals surface area contributed by atoms with Crippen LogP contribution in [0.4, 0.5) is 0 Å². The lowest BCUT2D eigenvalue weighted by atomic mass is 10.1. The van der Waals surface area contributed by atoms with Gasteiger partial charge >= 0.3 is 5.97 Å². The lowest BCUT2D eigenvalue weighted by Crippen LogP contribution is -2.00. The third kappa shape index (κ3) is 2.07. The zero-order chi connectivity index (χ0) is 11.5. The van der Waals surface area contributed by atoms with E-state index < -0.39 is 0 Å². The highest BCUT2D eigenvalue weighted by atomic mass is 79.9. The zero-order valence-corrected chi connectivity index (χ0v) is 10.3. The average molecular weight is 280 g/mol. The molecule has 0 aliphatic heterocycles. The fourth-order valence-electron chi connectivity index (χ4n) is 1.49. The number of carbonyl (C=O) groups excluding carboxylic acids is 1. The number of carbonyl (C=O) groups is 1. The molecule has 4 heteroatoms. The molecule has 0 fully saturated rings. The number of pyridine rings is 1. The molecule has 0 unspecified atom stereocenters. The molecule has 0 spiro atoms. The summed E-state index contributed by atoms with van der Waals surface area (Å²) in [4.78, 5) is 15.8. The number of methoxy groups -OCH3 is 1. The summed E-state index contributed by atoms with van der Waals surface area (Å²) in [6.07, 6.45) is 0. The van der Waals surface area contributed by atoms with Gasteiger partial charge in [-0.1, -0.05) is 22.0 Å². The Balaban J connectivity index is 2.51. The van der Waals surface area contributed by atoms with Crippen molar-refractivity contribution < 1.29 is 9.53 Å². The third-order valence-electron chi connectivity index (χ3n) is 2.30. The van der Waals surface area contributed by atoms with Crippen LogP contribution < -0.4 is 0 Å². The van der Waals surface area contributed by atoms with Crippen molar-refractivity contribution in [1.82, 2.24) is 4.98 Å². The van der Waals surface area contributed by atoms with Gasteiger partial charge in [-0.25, -0.2) is 4.79 Å². The first kappa shape index (κ1) is 11.1. The van der Waals surface area contributed by atoms with E-state index in [-0.39, 0.29) is 5.97 Å². The second-order valence-corrected chi connectivity index (χ2v) is 3.90. The van der Waals surface area contributed by atoms with Gasteiger partial charge in [0.05, 0.1) is 23.9 Å². The summed E-state index contributed by atoms with van der Waals surface area (Å²) in [5.41, 5.74) is 2.39. The average Bonchev–Trinajstić information content (AvgIpc) is 2.36. The number of esters is 1. The molecule has 0 aliphatic rings. The molecule has 1 aromatic carbocycles. The van der Waals surface area contributed by atoms with E-state index in [0.717, 1.165) is 21.9 Å². The topological polar surface area (TPSA) is 39.2 Å². The van der Waals surface area contributed by atoms with E-state index in [1.165, 1.54) is 7.11 Å². The Labute approximate surface area is 102 Å². The SMILES string of the molecule is COC(=O)c1ccc2nc(CBr)ccc2c1. The molecule has 82 valence electrons. The van der Waals surface area contributed by atoms with E-state index >= 15 is 0 Å². The van der Waals surface area contributed by atoms with Crippen molar-refractivity contribution in [2.75, 3.05) is 7.11 Å². The summed E-state index contributed by atoms with van der Waals surface area (Å²) >= 11 is 3.36. The van der Waals surface area contributed by atoms with Crippen LogP contribution in [-0.4, -0.2) is 18.1 Å². The predicted octanol–water partition coefficient (Wildman–Crippen LogP) is 2.92. The summed E-state index contributed by atoms with van der Waals surface area (Å²) in [6.45, 7) is 0. The van der Waals surface area contributed by atoms with Crippen molar-refractivity contribution in [2.24, 2.45) is 0 Å². The van der Waals surface area contributed by atoms with Crippen LogP contribution in [0.5, 0.6) is 0 Å². The van der Waals surface area contributed by atoms with E-state index in [1.54, 1.807) is 12.1 Å². The highest BCUT2D eigenvalue weighted by Crippen LogP contribution is 2.16. The standard InChI is InChI=1S/C12H10BrNO2/c1-16-12(15)9-3-5-11-8(6-9)2-4-10(7-13)14-11/h2-6H,7H2,1H3. The molecule has 3 nitrogen and oxygen atoms in total. The highest BCUT2D eigenvalue weighted by Gasteiger charge is 2.06. The first-order valence-electron chi connectivity index (χ1n) is 4.78. The minimum atomic E-state index is -0.327. The van der Waals surface area contributed by atoms with E-state index in [2.05, 4.69) is 25.7 Å². The fourth-order valence-corrected chi connectivity index (χ4v) is 1.80. The molecule has 2 aromatic rings. The Morgan fingerprint density at radius 2 is 2.19 bits per heavy atom. The van der Waals surface area contributed by atoms with Gasteiger partial charge in [0.25, 0.3) is 0 Å². The first-order chi connectivity index (χ1) is 7.74. The third-order valence-corrected chi connectivity index (χ3v) is 2.88. The number of benzene rings is 1. The molecule has 1 heterocycles. The van der Waals surface area contributed by atoms with Crippen LogP contribution in [0.1, 0.15) is 16.1 Å². The van der Waals surface area contributed by atoms with Gasteiger partial charge in [-0.3, -0.25) is 4.98 Å². The molecule has 1 aromatic heterocycles. The number of aromatic nitrogens is 1. The minimum Gasteiger partial charge on any atom is -0.465 e.